The summed E-state index contributed by atoms with van der Waals surface area (Å²) in [4.78, 5) is 23.3. The maximum absolute atomic E-state index is 12.6. The van der Waals surface area contributed by atoms with Crippen molar-refractivity contribution in [1.82, 2.24) is 25.1 Å². The molecule has 8 heteroatoms. The van der Waals surface area contributed by atoms with Gasteiger partial charge in [0, 0.05) is 37.1 Å². The number of hydrogen-bond acceptors (Lipinski definition) is 7. The number of piperidine rings is 1. The van der Waals surface area contributed by atoms with Gasteiger partial charge >= 0.3 is 0 Å². The number of anilines is 2. The van der Waals surface area contributed by atoms with Crippen LogP contribution in [-0.4, -0.2) is 44.1 Å². The first-order chi connectivity index (χ1) is 13.7. The third kappa shape index (κ3) is 4.17. The molecule has 28 heavy (non-hydrogen) atoms. The molecule has 1 aliphatic heterocycles. The summed E-state index contributed by atoms with van der Waals surface area (Å²) in [6.45, 7) is 3.52. The molecule has 1 saturated heterocycles. The lowest BCUT2D eigenvalue weighted by molar-refractivity contribution is 0.0711. The number of rotatable bonds is 5. The van der Waals surface area contributed by atoms with Gasteiger partial charge in [0.2, 0.25) is 5.13 Å². The predicted molar refractivity (Wildman–Crippen MR) is 109 cm³/mol. The van der Waals surface area contributed by atoms with Gasteiger partial charge in [-0.25, -0.2) is 4.98 Å². The fraction of sp³-hybridized carbons (Fsp3) is 0.350. The number of amides is 1. The summed E-state index contributed by atoms with van der Waals surface area (Å²) in [5.74, 6) is 1.18. The van der Waals surface area contributed by atoms with Crippen molar-refractivity contribution in [2.24, 2.45) is 0 Å². The second-order valence-corrected chi connectivity index (χ2v) is 7.80. The number of nitrogens with one attached hydrogen (secondary N) is 1. The number of carbonyl (C=O) groups is 1. The summed E-state index contributed by atoms with van der Waals surface area (Å²) in [7, 11) is 0. The fourth-order valence-corrected chi connectivity index (χ4v) is 4.04. The van der Waals surface area contributed by atoms with Crippen LogP contribution in [0.2, 0.25) is 0 Å². The standard InChI is InChI=1S/C20H22N6OS/c1-2-18-24-25-20(28-18)23-17-7-3-6-16(22-17)14-8-11-26(12-9-14)19(27)15-5-4-10-21-13-15/h3-7,10,13-14H,2,8-9,11-12H2,1H3,(H,22,23,25). The highest BCUT2D eigenvalue weighted by atomic mass is 32.1. The second kappa shape index (κ2) is 8.43. The van der Waals surface area contributed by atoms with Crippen molar-refractivity contribution in [2.75, 3.05) is 18.4 Å². The highest BCUT2D eigenvalue weighted by molar-refractivity contribution is 7.15. The third-order valence-electron chi connectivity index (χ3n) is 4.88. The Hall–Kier alpha value is -2.87. The van der Waals surface area contributed by atoms with E-state index in [4.69, 9.17) is 4.98 Å². The molecule has 0 bridgehead atoms. The quantitative estimate of drug-likeness (QED) is 0.711. The first-order valence-electron chi connectivity index (χ1n) is 9.48. The van der Waals surface area contributed by atoms with E-state index in [9.17, 15) is 4.79 Å². The Bertz CT molecular complexity index is 937. The van der Waals surface area contributed by atoms with Crippen molar-refractivity contribution >= 4 is 28.2 Å². The molecular weight excluding hydrogens is 372 g/mol. The van der Waals surface area contributed by atoms with Crippen LogP contribution in [0.1, 0.15) is 46.7 Å². The van der Waals surface area contributed by atoms with Crippen molar-refractivity contribution < 1.29 is 4.79 Å². The van der Waals surface area contributed by atoms with E-state index in [-0.39, 0.29) is 5.91 Å². The lowest BCUT2D eigenvalue weighted by Crippen LogP contribution is -2.38. The van der Waals surface area contributed by atoms with E-state index in [1.165, 1.54) is 0 Å². The van der Waals surface area contributed by atoms with Crippen LogP contribution in [-0.2, 0) is 6.42 Å². The first-order valence-corrected chi connectivity index (χ1v) is 10.3. The summed E-state index contributed by atoms with van der Waals surface area (Å²) in [5, 5.41) is 13.3. The van der Waals surface area contributed by atoms with E-state index >= 15 is 0 Å². The lowest BCUT2D eigenvalue weighted by atomic mass is 9.92. The van der Waals surface area contributed by atoms with Gasteiger partial charge in [0.15, 0.2) is 0 Å². The molecule has 0 atom stereocenters. The molecule has 7 nitrogen and oxygen atoms in total. The highest BCUT2D eigenvalue weighted by Crippen LogP contribution is 2.29. The van der Waals surface area contributed by atoms with Gasteiger partial charge in [-0.05, 0) is 43.5 Å². The Labute approximate surface area is 167 Å². The molecule has 1 N–H and O–H groups in total. The van der Waals surface area contributed by atoms with Gasteiger partial charge in [0.1, 0.15) is 10.8 Å². The molecule has 0 spiro atoms. The second-order valence-electron chi connectivity index (χ2n) is 6.74. The Morgan fingerprint density at radius 1 is 1.21 bits per heavy atom. The minimum atomic E-state index is 0.0536. The van der Waals surface area contributed by atoms with Gasteiger partial charge in [-0.3, -0.25) is 9.78 Å². The predicted octanol–water partition coefficient (Wildman–Crippen LogP) is 3.65. The Morgan fingerprint density at radius 2 is 2.07 bits per heavy atom. The van der Waals surface area contributed by atoms with Crippen LogP contribution in [0.4, 0.5) is 10.9 Å². The zero-order valence-electron chi connectivity index (χ0n) is 15.7. The molecule has 0 aliphatic carbocycles. The molecule has 1 aliphatic rings. The average Bonchev–Trinajstić information content (AvgIpc) is 3.22. The van der Waals surface area contributed by atoms with Gasteiger partial charge in [0.25, 0.3) is 5.91 Å². The SMILES string of the molecule is CCc1nnc(Nc2cccc(C3CCN(C(=O)c4cccnc4)CC3)n2)s1. The van der Waals surface area contributed by atoms with Crippen LogP contribution in [0.5, 0.6) is 0 Å². The fourth-order valence-electron chi connectivity index (χ4n) is 3.36. The Morgan fingerprint density at radius 3 is 2.79 bits per heavy atom. The normalized spacial score (nSPS) is 14.8. The summed E-state index contributed by atoms with van der Waals surface area (Å²) < 4.78 is 0. The number of carbonyl (C=O) groups excluding carboxylic acids is 1. The smallest absolute Gasteiger partial charge is 0.255 e. The molecule has 0 unspecified atom stereocenters. The molecule has 144 valence electrons. The Balaban J connectivity index is 1.38. The summed E-state index contributed by atoms with van der Waals surface area (Å²) >= 11 is 1.55. The Kier molecular flexibility index (Phi) is 5.57. The molecule has 0 radical (unpaired) electrons. The largest absolute Gasteiger partial charge is 0.339 e. The summed E-state index contributed by atoms with van der Waals surface area (Å²) in [5.41, 5.74) is 1.70. The van der Waals surface area contributed by atoms with E-state index in [0.29, 0.717) is 11.5 Å². The van der Waals surface area contributed by atoms with Crippen LogP contribution in [0.15, 0.2) is 42.7 Å². The van der Waals surface area contributed by atoms with Crippen LogP contribution >= 0.6 is 11.3 Å². The van der Waals surface area contributed by atoms with E-state index in [0.717, 1.165) is 54.0 Å². The monoisotopic (exact) mass is 394 g/mol. The van der Waals surface area contributed by atoms with Gasteiger partial charge in [-0.2, -0.15) is 0 Å². The van der Waals surface area contributed by atoms with Crippen LogP contribution in [0, 0.1) is 0 Å². The van der Waals surface area contributed by atoms with E-state index in [1.54, 1.807) is 29.8 Å². The number of likely N-dealkylation sites (tertiary alicyclic amines) is 1. The molecule has 3 aromatic heterocycles. The molecule has 4 rings (SSSR count). The molecule has 0 saturated carbocycles. The van der Waals surface area contributed by atoms with Crippen LogP contribution < -0.4 is 5.32 Å². The molecule has 0 aromatic carbocycles. The van der Waals surface area contributed by atoms with Crippen LogP contribution in [0.25, 0.3) is 0 Å². The third-order valence-corrected chi connectivity index (χ3v) is 5.87. The van der Waals surface area contributed by atoms with E-state index < -0.39 is 0 Å². The van der Waals surface area contributed by atoms with E-state index in [1.807, 2.05) is 23.1 Å². The van der Waals surface area contributed by atoms with Crippen molar-refractivity contribution in [3.8, 4) is 0 Å². The van der Waals surface area contributed by atoms with Gasteiger partial charge in [-0.15, -0.1) is 10.2 Å². The van der Waals surface area contributed by atoms with E-state index in [2.05, 4.69) is 33.5 Å². The van der Waals surface area contributed by atoms with Crippen molar-refractivity contribution in [2.45, 2.75) is 32.1 Å². The molecular formula is C20H22N6OS. The van der Waals surface area contributed by atoms with Gasteiger partial charge in [0.05, 0.1) is 5.56 Å². The first kappa shape index (κ1) is 18.5. The number of aromatic nitrogens is 4. The van der Waals surface area contributed by atoms with Crippen molar-refractivity contribution in [3.05, 3.63) is 59.0 Å². The molecule has 3 aromatic rings. The average molecular weight is 395 g/mol. The number of nitrogens with zero attached hydrogens (tertiary/aromatic N) is 5. The topological polar surface area (TPSA) is 83.9 Å². The zero-order chi connectivity index (χ0) is 19.3. The maximum atomic E-state index is 12.6. The summed E-state index contributed by atoms with van der Waals surface area (Å²) in [6.07, 6.45) is 5.99. The number of hydrogen-bond donors (Lipinski definition) is 1. The lowest BCUT2D eigenvalue weighted by Gasteiger charge is -2.31. The van der Waals surface area contributed by atoms with Crippen molar-refractivity contribution in [1.29, 1.82) is 0 Å². The molecule has 1 fully saturated rings. The minimum absolute atomic E-state index is 0.0536. The summed E-state index contributed by atoms with van der Waals surface area (Å²) in [6, 6.07) is 9.63. The molecule has 1 amide bonds. The zero-order valence-corrected chi connectivity index (χ0v) is 16.5. The maximum Gasteiger partial charge on any atom is 0.255 e. The van der Waals surface area contributed by atoms with Crippen molar-refractivity contribution in [3.63, 3.8) is 0 Å². The van der Waals surface area contributed by atoms with Crippen LogP contribution in [0.3, 0.4) is 0 Å². The minimum Gasteiger partial charge on any atom is -0.339 e. The number of pyridine rings is 2. The highest BCUT2D eigenvalue weighted by Gasteiger charge is 2.25. The van der Waals surface area contributed by atoms with Gasteiger partial charge in [-0.1, -0.05) is 24.3 Å². The van der Waals surface area contributed by atoms with Gasteiger partial charge < -0.3 is 10.2 Å². The molecule has 4 heterocycles. The number of aryl methyl sites for hydroxylation is 1.